The number of halogens is 2. The molecule has 1 aromatic carbocycles. The molecule has 1 fully saturated rings. The Hall–Kier alpha value is -1.04. The number of hydrogen-bond donors (Lipinski definition) is 2. The topological polar surface area (TPSA) is 58.7 Å². The van der Waals surface area contributed by atoms with Crippen LogP contribution in [0.2, 0.25) is 5.02 Å². The Kier molecular flexibility index (Phi) is 4.18. The van der Waals surface area contributed by atoms with Crippen molar-refractivity contribution in [2.75, 3.05) is 27.2 Å². The van der Waals surface area contributed by atoms with Gasteiger partial charge < -0.3 is 15.6 Å². The van der Waals surface area contributed by atoms with Crippen molar-refractivity contribution >= 4 is 11.6 Å². The molecule has 1 aliphatic heterocycles. The predicted octanol–water partition coefficient (Wildman–Crippen LogP) is 2.14. The van der Waals surface area contributed by atoms with Crippen LogP contribution in [0.1, 0.15) is 18.0 Å². The molecule has 0 aromatic heterocycles. The third kappa shape index (κ3) is 2.50. The lowest BCUT2D eigenvalue weighted by molar-refractivity contribution is 0.296. The molecular weight excluding hydrogens is 271 g/mol. The second-order valence-electron chi connectivity index (χ2n) is 4.93. The fraction of sp³-hybridized carbons (Fsp3) is 0.538. The molecule has 106 valence electrons. The minimum Gasteiger partial charge on any atom is -0.504 e. The van der Waals surface area contributed by atoms with E-state index in [2.05, 4.69) is 4.90 Å². The highest BCUT2D eigenvalue weighted by Gasteiger charge is 2.35. The van der Waals surface area contributed by atoms with Crippen molar-refractivity contribution in [3.05, 3.63) is 22.5 Å². The van der Waals surface area contributed by atoms with Gasteiger partial charge in [-0.15, -0.1) is 0 Å². The molecule has 2 atom stereocenters. The number of aromatic hydroxyl groups is 1. The van der Waals surface area contributed by atoms with Gasteiger partial charge in [-0.25, -0.2) is 4.39 Å². The van der Waals surface area contributed by atoms with Crippen molar-refractivity contribution in [3.8, 4) is 11.5 Å². The van der Waals surface area contributed by atoms with Crippen molar-refractivity contribution in [2.45, 2.75) is 12.5 Å². The molecular formula is C13H18ClFN2O2. The zero-order chi connectivity index (χ0) is 14.2. The average Bonchev–Trinajstić information content (AvgIpc) is 2.74. The van der Waals surface area contributed by atoms with Gasteiger partial charge in [0.2, 0.25) is 0 Å². The zero-order valence-corrected chi connectivity index (χ0v) is 11.7. The summed E-state index contributed by atoms with van der Waals surface area (Å²) in [5, 5.41) is 9.80. The number of methoxy groups -OCH3 is 1. The summed E-state index contributed by atoms with van der Waals surface area (Å²) in [7, 11) is 3.36. The van der Waals surface area contributed by atoms with Crippen LogP contribution in [-0.4, -0.2) is 37.3 Å². The fourth-order valence-corrected chi connectivity index (χ4v) is 3.01. The monoisotopic (exact) mass is 288 g/mol. The number of benzene rings is 1. The number of nitrogens with two attached hydrogens (primary N) is 1. The Bertz CT molecular complexity index is 484. The summed E-state index contributed by atoms with van der Waals surface area (Å²) in [6.45, 7) is 1.39. The van der Waals surface area contributed by atoms with Crippen LogP contribution in [0.15, 0.2) is 6.07 Å². The normalized spacial score (nSPS) is 23.8. The van der Waals surface area contributed by atoms with Gasteiger partial charge in [0.05, 0.1) is 12.1 Å². The van der Waals surface area contributed by atoms with Crippen molar-refractivity contribution in [1.29, 1.82) is 0 Å². The Balaban J connectivity index is 2.49. The molecule has 1 aromatic rings. The second-order valence-corrected chi connectivity index (χ2v) is 5.31. The average molecular weight is 289 g/mol. The molecule has 0 spiro atoms. The van der Waals surface area contributed by atoms with Gasteiger partial charge in [-0.3, -0.25) is 4.90 Å². The Labute approximate surface area is 116 Å². The number of nitrogens with zero attached hydrogens (tertiary/aromatic N) is 1. The summed E-state index contributed by atoms with van der Waals surface area (Å²) >= 11 is 6.06. The van der Waals surface area contributed by atoms with E-state index in [-0.39, 0.29) is 22.6 Å². The quantitative estimate of drug-likeness (QED) is 0.895. The van der Waals surface area contributed by atoms with Crippen LogP contribution < -0.4 is 10.5 Å². The summed E-state index contributed by atoms with van der Waals surface area (Å²) in [6, 6.07) is 0.873. The highest BCUT2D eigenvalue weighted by Crippen LogP contribution is 2.46. The molecule has 0 aliphatic carbocycles. The van der Waals surface area contributed by atoms with Crippen LogP contribution in [-0.2, 0) is 0 Å². The molecule has 0 amide bonds. The lowest BCUT2D eigenvalue weighted by Crippen LogP contribution is -2.21. The number of ether oxygens (including phenoxy) is 1. The van der Waals surface area contributed by atoms with Gasteiger partial charge in [0.25, 0.3) is 0 Å². The van der Waals surface area contributed by atoms with E-state index >= 15 is 0 Å². The van der Waals surface area contributed by atoms with Gasteiger partial charge in [-0.2, -0.15) is 0 Å². The minimum absolute atomic E-state index is 0.00386. The molecule has 3 N–H and O–H groups in total. The molecule has 19 heavy (non-hydrogen) atoms. The predicted molar refractivity (Wildman–Crippen MR) is 72.2 cm³/mol. The maximum atomic E-state index is 13.7. The second kappa shape index (κ2) is 5.53. The molecule has 4 nitrogen and oxygen atoms in total. The summed E-state index contributed by atoms with van der Waals surface area (Å²) < 4.78 is 18.9. The highest BCUT2D eigenvalue weighted by atomic mass is 35.5. The van der Waals surface area contributed by atoms with Crippen molar-refractivity contribution in [2.24, 2.45) is 11.7 Å². The van der Waals surface area contributed by atoms with E-state index in [0.29, 0.717) is 18.0 Å². The summed E-state index contributed by atoms with van der Waals surface area (Å²) in [6.07, 6.45) is 0.770. The molecule has 2 rings (SSSR count). The zero-order valence-electron chi connectivity index (χ0n) is 11.0. The number of rotatable bonds is 3. The Morgan fingerprint density at radius 2 is 2.32 bits per heavy atom. The standard InChI is InChI=1S/C13H18ClFN2O2/c1-17-6-7(5-16)3-9(17)11-12(14)8(15)4-10(18)13(11)19-2/h4,7,9,18H,3,5-6,16H2,1-2H3. The lowest BCUT2D eigenvalue weighted by Gasteiger charge is -2.23. The van der Waals surface area contributed by atoms with Gasteiger partial charge in [-0.05, 0) is 25.9 Å². The van der Waals surface area contributed by atoms with E-state index in [1.807, 2.05) is 7.05 Å². The van der Waals surface area contributed by atoms with Gasteiger partial charge in [0, 0.05) is 24.2 Å². The first kappa shape index (κ1) is 14.4. The van der Waals surface area contributed by atoms with E-state index in [1.54, 1.807) is 0 Å². The lowest BCUT2D eigenvalue weighted by atomic mass is 9.98. The smallest absolute Gasteiger partial charge is 0.166 e. The fourth-order valence-electron chi connectivity index (χ4n) is 2.74. The summed E-state index contributed by atoms with van der Waals surface area (Å²) in [4.78, 5) is 2.06. The third-order valence-corrected chi connectivity index (χ3v) is 4.08. The Morgan fingerprint density at radius 3 is 2.84 bits per heavy atom. The SMILES string of the molecule is COc1c(O)cc(F)c(Cl)c1C1CC(CN)CN1C. The van der Waals surface area contributed by atoms with Crippen LogP contribution in [0.4, 0.5) is 4.39 Å². The molecule has 2 unspecified atom stereocenters. The maximum absolute atomic E-state index is 13.7. The van der Waals surface area contributed by atoms with Crippen molar-refractivity contribution < 1.29 is 14.2 Å². The molecule has 1 heterocycles. The van der Waals surface area contributed by atoms with Gasteiger partial charge in [0.1, 0.15) is 5.82 Å². The Morgan fingerprint density at radius 1 is 1.63 bits per heavy atom. The number of hydrogen-bond acceptors (Lipinski definition) is 4. The first-order valence-electron chi connectivity index (χ1n) is 6.14. The highest BCUT2D eigenvalue weighted by molar-refractivity contribution is 6.31. The first-order chi connectivity index (χ1) is 8.99. The van der Waals surface area contributed by atoms with Crippen LogP contribution in [0, 0.1) is 11.7 Å². The van der Waals surface area contributed by atoms with Gasteiger partial charge in [0.15, 0.2) is 11.5 Å². The molecule has 1 saturated heterocycles. The van der Waals surface area contributed by atoms with Gasteiger partial charge >= 0.3 is 0 Å². The minimum atomic E-state index is -0.639. The van der Waals surface area contributed by atoms with E-state index in [1.165, 1.54) is 7.11 Å². The van der Waals surface area contributed by atoms with Crippen molar-refractivity contribution in [1.82, 2.24) is 4.90 Å². The van der Waals surface area contributed by atoms with Crippen LogP contribution in [0.5, 0.6) is 11.5 Å². The number of likely N-dealkylation sites (tertiary alicyclic amines) is 1. The first-order valence-corrected chi connectivity index (χ1v) is 6.52. The summed E-state index contributed by atoms with van der Waals surface area (Å²) in [5.74, 6) is -0.300. The molecule has 0 radical (unpaired) electrons. The largest absolute Gasteiger partial charge is 0.504 e. The summed E-state index contributed by atoms with van der Waals surface area (Å²) in [5.41, 5.74) is 6.19. The maximum Gasteiger partial charge on any atom is 0.166 e. The van der Waals surface area contributed by atoms with E-state index < -0.39 is 5.82 Å². The van der Waals surface area contributed by atoms with Crippen LogP contribution >= 0.6 is 11.6 Å². The van der Waals surface area contributed by atoms with E-state index in [9.17, 15) is 9.50 Å². The number of phenolic OH excluding ortho intramolecular Hbond substituents is 1. The van der Waals surface area contributed by atoms with E-state index in [4.69, 9.17) is 22.1 Å². The number of phenols is 1. The molecule has 6 heteroatoms. The van der Waals surface area contributed by atoms with Gasteiger partial charge in [-0.1, -0.05) is 11.6 Å². The molecule has 0 bridgehead atoms. The van der Waals surface area contributed by atoms with Crippen LogP contribution in [0.3, 0.4) is 0 Å². The van der Waals surface area contributed by atoms with E-state index in [0.717, 1.165) is 19.0 Å². The molecule has 0 saturated carbocycles. The third-order valence-electron chi connectivity index (χ3n) is 3.69. The molecule has 1 aliphatic rings. The van der Waals surface area contributed by atoms with Crippen LogP contribution in [0.25, 0.3) is 0 Å². The van der Waals surface area contributed by atoms with Crippen molar-refractivity contribution in [3.63, 3.8) is 0 Å².